The van der Waals surface area contributed by atoms with Gasteiger partial charge in [-0.3, -0.25) is 0 Å². The van der Waals surface area contributed by atoms with Crippen LogP contribution in [-0.4, -0.2) is 23.2 Å². The van der Waals surface area contributed by atoms with E-state index in [1.165, 1.54) is 4.88 Å². The van der Waals surface area contributed by atoms with Gasteiger partial charge in [0.05, 0.1) is 6.04 Å². The predicted octanol–water partition coefficient (Wildman–Crippen LogP) is 3.56. The molecule has 1 fully saturated rings. The SMILES string of the molecule is Cc1cnc(C(C)NC2CC(NC(=O)OCc3ccccc3)C2)s1. The lowest BCUT2D eigenvalue weighted by Crippen LogP contribution is -2.52. The first-order valence-corrected chi connectivity index (χ1v) is 9.07. The zero-order valence-corrected chi connectivity index (χ0v) is 14.8. The van der Waals surface area contributed by atoms with Gasteiger partial charge in [-0.1, -0.05) is 30.3 Å². The van der Waals surface area contributed by atoms with Crippen LogP contribution in [0.15, 0.2) is 36.5 Å². The van der Waals surface area contributed by atoms with E-state index in [1.54, 1.807) is 11.3 Å². The molecule has 24 heavy (non-hydrogen) atoms. The first-order valence-electron chi connectivity index (χ1n) is 8.25. The highest BCUT2D eigenvalue weighted by molar-refractivity contribution is 7.11. The van der Waals surface area contributed by atoms with Crippen molar-refractivity contribution in [2.75, 3.05) is 0 Å². The zero-order valence-electron chi connectivity index (χ0n) is 14.0. The molecule has 2 N–H and O–H groups in total. The van der Waals surface area contributed by atoms with Crippen LogP contribution in [0, 0.1) is 6.92 Å². The summed E-state index contributed by atoms with van der Waals surface area (Å²) in [5.41, 5.74) is 0.994. The lowest BCUT2D eigenvalue weighted by atomic mass is 9.86. The molecule has 1 aliphatic carbocycles. The Morgan fingerprint density at radius 1 is 1.33 bits per heavy atom. The van der Waals surface area contributed by atoms with Gasteiger partial charge in [0.2, 0.25) is 0 Å². The van der Waals surface area contributed by atoms with Crippen LogP contribution in [0.4, 0.5) is 4.79 Å². The van der Waals surface area contributed by atoms with Crippen molar-refractivity contribution >= 4 is 17.4 Å². The number of hydrogen-bond acceptors (Lipinski definition) is 5. The van der Waals surface area contributed by atoms with Gasteiger partial charge in [0.15, 0.2) is 0 Å². The Kier molecular flexibility index (Phi) is 5.48. The van der Waals surface area contributed by atoms with Crippen LogP contribution in [-0.2, 0) is 11.3 Å². The number of alkyl carbamates (subject to hydrolysis) is 1. The lowest BCUT2D eigenvalue weighted by molar-refractivity contribution is 0.124. The van der Waals surface area contributed by atoms with Gasteiger partial charge in [-0.25, -0.2) is 9.78 Å². The standard InChI is InChI=1S/C18H23N3O2S/c1-12-10-19-17(24-12)13(2)20-15-8-16(9-15)21-18(22)23-11-14-6-4-3-5-7-14/h3-7,10,13,15-16,20H,8-9,11H2,1-2H3,(H,21,22). The Morgan fingerprint density at radius 2 is 2.08 bits per heavy atom. The van der Waals surface area contributed by atoms with Crippen molar-refractivity contribution in [1.82, 2.24) is 15.6 Å². The fourth-order valence-electron chi connectivity index (χ4n) is 2.80. The van der Waals surface area contributed by atoms with Gasteiger partial charge >= 0.3 is 6.09 Å². The van der Waals surface area contributed by atoms with Gasteiger partial charge in [-0.05, 0) is 32.3 Å². The summed E-state index contributed by atoms with van der Waals surface area (Å²) in [6.07, 6.45) is 3.42. The van der Waals surface area contributed by atoms with E-state index in [4.69, 9.17) is 4.74 Å². The minimum atomic E-state index is -0.342. The summed E-state index contributed by atoms with van der Waals surface area (Å²) < 4.78 is 5.24. The van der Waals surface area contributed by atoms with Gasteiger partial charge in [0, 0.05) is 23.2 Å². The van der Waals surface area contributed by atoms with Crippen molar-refractivity contribution in [3.63, 3.8) is 0 Å². The fraction of sp³-hybridized carbons (Fsp3) is 0.444. The maximum atomic E-state index is 11.8. The highest BCUT2D eigenvalue weighted by Crippen LogP contribution is 2.25. The van der Waals surface area contributed by atoms with E-state index in [9.17, 15) is 4.79 Å². The van der Waals surface area contributed by atoms with Crippen molar-refractivity contribution in [1.29, 1.82) is 0 Å². The van der Waals surface area contributed by atoms with E-state index in [0.717, 1.165) is 23.4 Å². The number of carbonyl (C=O) groups is 1. The molecule has 3 rings (SSSR count). The molecule has 1 aliphatic rings. The molecule has 0 bridgehead atoms. The van der Waals surface area contributed by atoms with E-state index in [2.05, 4.69) is 29.5 Å². The van der Waals surface area contributed by atoms with Crippen molar-refractivity contribution in [3.8, 4) is 0 Å². The molecule has 1 atom stereocenters. The van der Waals surface area contributed by atoms with Crippen molar-refractivity contribution < 1.29 is 9.53 Å². The van der Waals surface area contributed by atoms with Crippen LogP contribution in [0.1, 0.15) is 41.3 Å². The Balaban J connectivity index is 1.34. The lowest BCUT2D eigenvalue weighted by Gasteiger charge is -2.37. The van der Waals surface area contributed by atoms with Crippen LogP contribution in [0.5, 0.6) is 0 Å². The molecule has 5 nitrogen and oxygen atoms in total. The van der Waals surface area contributed by atoms with Crippen LogP contribution in [0.25, 0.3) is 0 Å². The molecule has 1 aromatic carbocycles. The van der Waals surface area contributed by atoms with Crippen LogP contribution in [0.3, 0.4) is 0 Å². The second-order valence-corrected chi connectivity index (χ2v) is 7.54. The maximum Gasteiger partial charge on any atom is 0.407 e. The molecular weight excluding hydrogens is 322 g/mol. The summed E-state index contributed by atoms with van der Waals surface area (Å²) in [7, 11) is 0. The van der Waals surface area contributed by atoms with E-state index < -0.39 is 0 Å². The summed E-state index contributed by atoms with van der Waals surface area (Å²) in [5.74, 6) is 0. The molecule has 0 radical (unpaired) electrons. The van der Waals surface area contributed by atoms with Crippen molar-refractivity contribution in [3.05, 3.63) is 52.0 Å². The third kappa shape index (κ3) is 4.55. The second-order valence-electron chi connectivity index (χ2n) is 6.27. The van der Waals surface area contributed by atoms with Crippen LogP contribution < -0.4 is 10.6 Å². The molecule has 0 spiro atoms. The van der Waals surface area contributed by atoms with E-state index in [0.29, 0.717) is 12.6 Å². The number of rotatable bonds is 6. The van der Waals surface area contributed by atoms with Crippen molar-refractivity contribution in [2.24, 2.45) is 0 Å². The summed E-state index contributed by atoms with van der Waals surface area (Å²) in [4.78, 5) is 17.5. The first kappa shape index (κ1) is 16.9. The van der Waals surface area contributed by atoms with Crippen LogP contribution >= 0.6 is 11.3 Å². The molecule has 1 saturated carbocycles. The Bertz CT molecular complexity index is 668. The van der Waals surface area contributed by atoms with Gasteiger partial charge in [-0.15, -0.1) is 11.3 Å². The van der Waals surface area contributed by atoms with Crippen LogP contribution in [0.2, 0.25) is 0 Å². The first-order chi connectivity index (χ1) is 11.6. The predicted molar refractivity (Wildman–Crippen MR) is 95.0 cm³/mol. The molecule has 0 aliphatic heterocycles. The third-order valence-electron chi connectivity index (χ3n) is 4.17. The summed E-state index contributed by atoms with van der Waals surface area (Å²) in [5, 5.41) is 7.60. The van der Waals surface area contributed by atoms with Gasteiger partial charge in [0.25, 0.3) is 0 Å². The van der Waals surface area contributed by atoms with E-state index in [-0.39, 0.29) is 18.2 Å². The van der Waals surface area contributed by atoms with Gasteiger partial charge < -0.3 is 15.4 Å². The summed E-state index contributed by atoms with van der Waals surface area (Å²) in [6.45, 7) is 4.51. The monoisotopic (exact) mass is 345 g/mol. The number of aryl methyl sites for hydroxylation is 1. The summed E-state index contributed by atoms with van der Waals surface area (Å²) in [6, 6.07) is 10.6. The number of carbonyl (C=O) groups excluding carboxylic acids is 1. The van der Waals surface area contributed by atoms with E-state index >= 15 is 0 Å². The molecule has 2 aromatic rings. The highest BCUT2D eigenvalue weighted by atomic mass is 32.1. The number of nitrogens with one attached hydrogen (secondary N) is 2. The van der Waals surface area contributed by atoms with Gasteiger partial charge in [-0.2, -0.15) is 0 Å². The average Bonchev–Trinajstić information content (AvgIpc) is 2.98. The summed E-state index contributed by atoms with van der Waals surface area (Å²) >= 11 is 1.73. The topological polar surface area (TPSA) is 63.2 Å². The molecule has 1 unspecified atom stereocenters. The molecule has 1 aromatic heterocycles. The number of amides is 1. The highest BCUT2D eigenvalue weighted by Gasteiger charge is 2.31. The second kappa shape index (κ2) is 7.77. The number of ether oxygens (including phenoxy) is 1. The minimum Gasteiger partial charge on any atom is -0.445 e. The quantitative estimate of drug-likeness (QED) is 0.840. The van der Waals surface area contributed by atoms with Gasteiger partial charge in [0.1, 0.15) is 11.6 Å². The fourth-order valence-corrected chi connectivity index (χ4v) is 3.59. The zero-order chi connectivity index (χ0) is 16.9. The Morgan fingerprint density at radius 3 is 2.75 bits per heavy atom. The molecule has 128 valence electrons. The number of thiazole rings is 1. The Hall–Kier alpha value is -1.92. The largest absolute Gasteiger partial charge is 0.445 e. The Labute approximate surface area is 146 Å². The number of benzene rings is 1. The third-order valence-corrected chi connectivity index (χ3v) is 5.26. The maximum absolute atomic E-state index is 11.8. The minimum absolute atomic E-state index is 0.191. The smallest absolute Gasteiger partial charge is 0.407 e. The molecule has 0 saturated heterocycles. The molecular formula is C18H23N3O2S. The van der Waals surface area contributed by atoms with Crippen molar-refractivity contribution in [2.45, 2.75) is 51.4 Å². The number of hydrogen-bond donors (Lipinski definition) is 2. The normalized spacial score (nSPS) is 20.9. The number of aromatic nitrogens is 1. The number of nitrogens with zero attached hydrogens (tertiary/aromatic N) is 1. The van der Waals surface area contributed by atoms with E-state index in [1.807, 2.05) is 36.5 Å². The molecule has 6 heteroatoms. The molecule has 1 amide bonds. The molecule has 1 heterocycles. The average molecular weight is 345 g/mol.